The van der Waals surface area contributed by atoms with E-state index in [-0.39, 0.29) is 35.3 Å². The molecule has 2 aromatic carbocycles. The fraction of sp³-hybridized carbons (Fsp3) is 0.393. The van der Waals surface area contributed by atoms with Gasteiger partial charge in [-0.15, -0.1) is 0 Å². The summed E-state index contributed by atoms with van der Waals surface area (Å²) in [5.74, 6) is -0.682. The minimum Gasteiger partial charge on any atom is -0.496 e. The third kappa shape index (κ3) is 8.04. The maximum absolute atomic E-state index is 13.6. The Kier molecular flexibility index (Phi) is 9.61. The fourth-order valence-electron chi connectivity index (χ4n) is 4.47. The number of methoxy groups -OCH3 is 1. The Morgan fingerprint density at radius 2 is 2.02 bits per heavy atom. The largest absolute Gasteiger partial charge is 0.496 e. The van der Waals surface area contributed by atoms with Crippen LogP contribution in [-0.4, -0.2) is 63.0 Å². The van der Waals surface area contributed by atoms with Crippen molar-refractivity contribution in [3.05, 3.63) is 60.2 Å². The van der Waals surface area contributed by atoms with Crippen molar-refractivity contribution in [3.8, 4) is 17.1 Å². The molecule has 13 heteroatoms. The van der Waals surface area contributed by atoms with E-state index in [1.807, 2.05) is 13.8 Å². The molecule has 1 aliphatic heterocycles. The number of amides is 2. The number of nitrogens with zero attached hydrogens (tertiary/aromatic N) is 4. The minimum atomic E-state index is -2.97. The Morgan fingerprint density at radius 3 is 2.73 bits per heavy atom. The molecular formula is C28H34FN7O4S. The number of anilines is 2. The number of rotatable bonds is 10. The molecule has 1 aromatic heterocycles. The third-order valence-corrected chi connectivity index (χ3v) is 7.92. The number of hydrogen-bond acceptors (Lipinski definition) is 9. The number of halogens is 1. The Morgan fingerprint density at radius 1 is 1.22 bits per heavy atom. The standard InChI is InChI=1S/C28H34FN7O4S/c1-17(2)24(34-26(37)22-9-6-12-30-22)27(38)36-41(4,39)15-18-7-5-8-20(13-18)33-28-32-16-31-25(35-28)21-11-10-19(29)14-23(21)40-3/h5,7-8,10-11,13-14,16-17,22,24,30H,6,9,12,15H2,1-4H3,(H,34,37)(H,31,32,33,35)/t22-,24-,41+/m0/s1. The highest BCUT2D eigenvalue weighted by molar-refractivity contribution is 7.92. The molecule has 3 atom stereocenters. The van der Waals surface area contributed by atoms with Crippen molar-refractivity contribution in [1.82, 2.24) is 25.6 Å². The average Bonchev–Trinajstić information content (AvgIpc) is 3.46. The van der Waals surface area contributed by atoms with Gasteiger partial charge in [-0.3, -0.25) is 9.59 Å². The van der Waals surface area contributed by atoms with E-state index >= 15 is 0 Å². The zero-order valence-electron chi connectivity index (χ0n) is 23.4. The number of carbonyl (C=O) groups is 2. The molecule has 41 heavy (non-hydrogen) atoms. The maximum atomic E-state index is 13.6. The Bertz CT molecular complexity index is 1540. The second-order valence-electron chi connectivity index (χ2n) is 10.2. The lowest BCUT2D eigenvalue weighted by Crippen LogP contribution is -2.50. The van der Waals surface area contributed by atoms with E-state index in [1.54, 1.807) is 24.3 Å². The predicted octanol–water partition coefficient (Wildman–Crippen LogP) is 3.45. The molecule has 0 saturated carbocycles. The molecule has 11 nitrogen and oxygen atoms in total. The van der Waals surface area contributed by atoms with Crippen LogP contribution in [0.5, 0.6) is 5.75 Å². The lowest BCUT2D eigenvalue weighted by Gasteiger charge is -2.21. The summed E-state index contributed by atoms with van der Waals surface area (Å²) in [5.41, 5.74) is 1.79. The summed E-state index contributed by atoms with van der Waals surface area (Å²) in [6.45, 7) is 4.38. The van der Waals surface area contributed by atoms with E-state index in [1.165, 1.54) is 37.9 Å². The molecule has 218 valence electrons. The minimum absolute atomic E-state index is 0.0203. The van der Waals surface area contributed by atoms with Gasteiger partial charge >= 0.3 is 0 Å². The first-order valence-corrected chi connectivity index (χ1v) is 15.3. The lowest BCUT2D eigenvalue weighted by atomic mass is 10.0. The van der Waals surface area contributed by atoms with E-state index in [2.05, 4.69) is 35.3 Å². The summed E-state index contributed by atoms with van der Waals surface area (Å²) in [6.07, 6.45) is 4.37. The van der Waals surface area contributed by atoms with E-state index < -0.39 is 27.5 Å². The van der Waals surface area contributed by atoms with Gasteiger partial charge in [-0.25, -0.2) is 18.6 Å². The molecule has 3 N–H and O–H groups in total. The Labute approximate surface area is 238 Å². The van der Waals surface area contributed by atoms with Gasteiger partial charge in [0.15, 0.2) is 5.82 Å². The normalized spacial score (nSPS) is 17.0. The summed E-state index contributed by atoms with van der Waals surface area (Å²) in [6, 6.07) is 9.97. The summed E-state index contributed by atoms with van der Waals surface area (Å²) < 4.78 is 36.3. The van der Waals surface area contributed by atoms with Crippen LogP contribution in [0.3, 0.4) is 0 Å². The number of ether oxygens (including phenoxy) is 1. The van der Waals surface area contributed by atoms with Crippen LogP contribution in [0.15, 0.2) is 53.2 Å². The van der Waals surface area contributed by atoms with Crippen LogP contribution in [-0.2, 0) is 25.1 Å². The highest BCUT2D eigenvalue weighted by atomic mass is 32.2. The average molecular weight is 584 g/mol. The summed E-state index contributed by atoms with van der Waals surface area (Å²) in [5, 5.41) is 8.99. The first kappa shape index (κ1) is 30.0. The van der Waals surface area contributed by atoms with Crippen molar-refractivity contribution < 1.29 is 22.9 Å². The van der Waals surface area contributed by atoms with Crippen molar-refractivity contribution in [2.24, 2.45) is 10.3 Å². The molecule has 0 spiro atoms. The van der Waals surface area contributed by atoms with Crippen LogP contribution in [0.2, 0.25) is 0 Å². The van der Waals surface area contributed by atoms with Gasteiger partial charge in [-0.2, -0.15) is 9.35 Å². The smallest absolute Gasteiger partial charge is 0.276 e. The van der Waals surface area contributed by atoms with E-state index in [0.29, 0.717) is 29.1 Å². The first-order chi connectivity index (χ1) is 19.5. The lowest BCUT2D eigenvalue weighted by molar-refractivity contribution is -0.129. The molecule has 1 aliphatic rings. The van der Waals surface area contributed by atoms with Crippen LogP contribution in [0.4, 0.5) is 16.0 Å². The first-order valence-electron chi connectivity index (χ1n) is 13.2. The zero-order valence-corrected chi connectivity index (χ0v) is 24.2. The van der Waals surface area contributed by atoms with Crippen molar-refractivity contribution in [2.75, 3.05) is 25.2 Å². The molecule has 0 bridgehead atoms. The second-order valence-corrected chi connectivity index (χ2v) is 12.6. The van der Waals surface area contributed by atoms with Gasteiger partial charge in [0.05, 0.1) is 34.2 Å². The van der Waals surface area contributed by atoms with Crippen molar-refractivity contribution in [3.63, 3.8) is 0 Å². The molecule has 3 aromatic rings. The van der Waals surface area contributed by atoms with Crippen LogP contribution in [0.25, 0.3) is 11.4 Å². The van der Waals surface area contributed by atoms with E-state index in [4.69, 9.17) is 4.74 Å². The second kappa shape index (κ2) is 13.1. The molecule has 2 amide bonds. The number of aromatic nitrogens is 3. The van der Waals surface area contributed by atoms with Crippen molar-refractivity contribution >= 4 is 33.2 Å². The summed E-state index contributed by atoms with van der Waals surface area (Å²) in [7, 11) is -1.53. The Balaban J connectivity index is 1.48. The highest BCUT2D eigenvalue weighted by Gasteiger charge is 2.29. The van der Waals surface area contributed by atoms with Crippen molar-refractivity contribution in [1.29, 1.82) is 0 Å². The number of nitrogens with one attached hydrogen (secondary N) is 3. The van der Waals surface area contributed by atoms with Crippen LogP contribution >= 0.6 is 0 Å². The van der Waals surface area contributed by atoms with Gasteiger partial charge in [0.25, 0.3) is 5.91 Å². The quantitative estimate of drug-likeness (QED) is 0.326. The zero-order chi connectivity index (χ0) is 29.6. The van der Waals surface area contributed by atoms with E-state index in [9.17, 15) is 18.2 Å². The van der Waals surface area contributed by atoms with Crippen LogP contribution < -0.4 is 20.7 Å². The number of hydrogen-bond donors (Lipinski definition) is 3. The van der Waals surface area contributed by atoms with Crippen molar-refractivity contribution in [2.45, 2.75) is 44.5 Å². The SMILES string of the molecule is COc1cc(F)ccc1-c1ncnc(Nc2cccc(C[S@@](C)(=O)=NC(=O)[C@@H](NC(=O)[C@@H]3CCCN3)C(C)C)c2)n1. The van der Waals surface area contributed by atoms with Gasteiger partial charge in [-0.1, -0.05) is 26.0 Å². The summed E-state index contributed by atoms with van der Waals surface area (Å²) in [4.78, 5) is 38.3. The highest BCUT2D eigenvalue weighted by Crippen LogP contribution is 2.28. The number of benzene rings is 2. The van der Waals surface area contributed by atoms with Gasteiger partial charge in [0.1, 0.15) is 23.9 Å². The third-order valence-electron chi connectivity index (χ3n) is 6.48. The fourth-order valence-corrected chi connectivity index (χ4v) is 5.83. The molecule has 1 saturated heterocycles. The van der Waals surface area contributed by atoms with Gasteiger partial charge in [0, 0.05) is 18.0 Å². The van der Waals surface area contributed by atoms with Crippen LogP contribution in [0, 0.1) is 11.7 Å². The molecule has 1 fully saturated rings. The Hall–Kier alpha value is -3.97. The molecule has 2 heterocycles. The summed E-state index contributed by atoms with van der Waals surface area (Å²) >= 11 is 0. The van der Waals surface area contributed by atoms with E-state index in [0.717, 1.165) is 13.0 Å². The molecule has 4 rings (SSSR count). The van der Waals surface area contributed by atoms with Crippen LogP contribution in [0.1, 0.15) is 32.3 Å². The van der Waals surface area contributed by atoms with Gasteiger partial charge in [-0.05, 0) is 55.1 Å². The molecule has 0 aliphatic carbocycles. The molecular weight excluding hydrogens is 549 g/mol. The predicted molar refractivity (Wildman–Crippen MR) is 154 cm³/mol. The number of carbonyl (C=O) groups excluding carboxylic acids is 2. The van der Waals surface area contributed by atoms with Gasteiger partial charge in [0.2, 0.25) is 11.9 Å². The van der Waals surface area contributed by atoms with Gasteiger partial charge < -0.3 is 20.7 Å². The monoisotopic (exact) mass is 583 g/mol. The molecule has 0 radical (unpaired) electrons. The molecule has 0 unspecified atom stereocenters. The topological polar surface area (TPSA) is 148 Å². The maximum Gasteiger partial charge on any atom is 0.276 e.